The van der Waals surface area contributed by atoms with Crippen LogP contribution < -0.4 is 15.4 Å². The lowest BCUT2D eigenvalue weighted by Crippen LogP contribution is -2.05. The van der Waals surface area contributed by atoms with Gasteiger partial charge < -0.3 is 15.4 Å². The maximum Gasteiger partial charge on any atom is 0.138 e. The van der Waals surface area contributed by atoms with Crippen molar-refractivity contribution in [1.82, 2.24) is 9.97 Å². The molecule has 1 aromatic heterocycles. The highest BCUT2D eigenvalue weighted by molar-refractivity contribution is 5.65. The molecule has 1 aromatic carbocycles. The Kier molecular flexibility index (Phi) is 4.76. The fourth-order valence-electron chi connectivity index (χ4n) is 1.89. The van der Waals surface area contributed by atoms with E-state index < -0.39 is 0 Å². The third-order valence-corrected chi connectivity index (χ3v) is 2.84. The highest BCUT2D eigenvalue weighted by Gasteiger charge is 2.06. The molecule has 20 heavy (non-hydrogen) atoms. The van der Waals surface area contributed by atoms with E-state index in [0.29, 0.717) is 6.61 Å². The minimum atomic E-state index is 0.653. The van der Waals surface area contributed by atoms with Gasteiger partial charge in [-0.25, -0.2) is 9.97 Å². The highest BCUT2D eigenvalue weighted by atomic mass is 16.5. The summed E-state index contributed by atoms with van der Waals surface area (Å²) < 4.78 is 5.49. The van der Waals surface area contributed by atoms with Crippen LogP contribution in [0.25, 0.3) is 0 Å². The summed E-state index contributed by atoms with van der Waals surface area (Å²) >= 11 is 0. The van der Waals surface area contributed by atoms with Gasteiger partial charge in [-0.1, -0.05) is 6.07 Å². The van der Waals surface area contributed by atoms with E-state index in [1.54, 1.807) is 6.33 Å². The van der Waals surface area contributed by atoms with Crippen molar-refractivity contribution in [2.24, 2.45) is 0 Å². The molecule has 2 aromatic rings. The molecule has 0 amide bonds. The maximum atomic E-state index is 5.49. The van der Waals surface area contributed by atoms with E-state index >= 15 is 0 Å². The summed E-state index contributed by atoms with van der Waals surface area (Å²) in [6.07, 6.45) is 1.56. The Morgan fingerprint density at radius 1 is 1.15 bits per heavy atom. The maximum absolute atomic E-state index is 5.49. The van der Waals surface area contributed by atoms with Crippen molar-refractivity contribution in [3.05, 3.63) is 36.2 Å². The summed E-state index contributed by atoms with van der Waals surface area (Å²) in [6.45, 7) is 7.49. The summed E-state index contributed by atoms with van der Waals surface area (Å²) in [4.78, 5) is 8.52. The largest absolute Gasteiger partial charge is 0.494 e. The van der Waals surface area contributed by atoms with Gasteiger partial charge in [-0.05, 0) is 32.9 Å². The van der Waals surface area contributed by atoms with Gasteiger partial charge in [0.25, 0.3) is 0 Å². The summed E-state index contributed by atoms with van der Waals surface area (Å²) in [6, 6.07) is 7.83. The minimum absolute atomic E-state index is 0.653. The van der Waals surface area contributed by atoms with Crippen LogP contribution in [0.15, 0.2) is 30.6 Å². The average Bonchev–Trinajstić information content (AvgIpc) is 2.44. The fraction of sp³-hybridized carbons (Fsp3) is 0.333. The van der Waals surface area contributed by atoms with Crippen molar-refractivity contribution in [2.75, 3.05) is 23.8 Å². The average molecular weight is 272 g/mol. The molecule has 2 N–H and O–H groups in total. The molecule has 0 radical (unpaired) electrons. The van der Waals surface area contributed by atoms with Gasteiger partial charge in [0.05, 0.1) is 6.61 Å². The molecule has 0 atom stereocenters. The fourth-order valence-corrected chi connectivity index (χ4v) is 1.89. The van der Waals surface area contributed by atoms with Gasteiger partial charge in [0.15, 0.2) is 0 Å². The van der Waals surface area contributed by atoms with E-state index in [4.69, 9.17) is 4.74 Å². The quantitative estimate of drug-likeness (QED) is 0.844. The van der Waals surface area contributed by atoms with Crippen LogP contribution in [-0.4, -0.2) is 23.1 Å². The van der Waals surface area contributed by atoms with Gasteiger partial charge >= 0.3 is 0 Å². The molecule has 106 valence electrons. The van der Waals surface area contributed by atoms with Crippen LogP contribution in [0.5, 0.6) is 5.75 Å². The zero-order valence-corrected chi connectivity index (χ0v) is 12.1. The molecule has 0 saturated carbocycles. The molecule has 0 fully saturated rings. The molecular formula is C15H20N4O. The lowest BCUT2D eigenvalue weighted by atomic mass is 10.2. The third kappa shape index (κ3) is 3.38. The molecule has 5 nitrogen and oxygen atoms in total. The van der Waals surface area contributed by atoms with E-state index in [0.717, 1.165) is 35.2 Å². The van der Waals surface area contributed by atoms with Crippen LogP contribution in [0.2, 0.25) is 0 Å². The zero-order valence-electron chi connectivity index (χ0n) is 12.1. The number of hydrogen-bond acceptors (Lipinski definition) is 5. The van der Waals surface area contributed by atoms with Gasteiger partial charge in [0, 0.05) is 23.9 Å². The predicted octanol–water partition coefficient (Wildman–Crippen LogP) is 3.36. The van der Waals surface area contributed by atoms with Crippen LogP contribution in [0.1, 0.15) is 19.4 Å². The van der Waals surface area contributed by atoms with Crippen LogP contribution >= 0.6 is 0 Å². The number of rotatable bonds is 6. The Hall–Kier alpha value is -2.30. The van der Waals surface area contributed by atoms with E-state index in [9.17, 15) is 0 Å². The number of nitrogens with zero attached hydrogens (tertiary/aromatic N) is 2. The number of nitrogens with one attached hydrogen (secondary N) is 2. The monoisotopic (exact) mass is 272 g/mol. The summed E-state index contributed by atoms with van der Waals surface area (Å²) in [5.74, 6) is 2.49. The molecule has 5 heteroatoms. The molecule has 0 bridgehead atoms. The second-order valence-corrected chi connectivity index (χ2v) is 4.31. The topological polar surface area (TPSA) is 59.1 Å². The van der Waals surface area contributed by atoms with E-state index in [1.165, 1.54) is 0 Å². The lowest BCUT2D eigenvalue weighted by Gasteiger charge is -2.12. The first kappa shape index (κ1) is 14.1. The Morgan fingerprint density at radius 3 is 2.70 bits per heavy atom. The number of anilines is 3. The van der Waals surface area contributed by atoms with Crippen molar-refractivity contribution in [1.29, 1.82) is 0 Å². The molecule has 0 aliphatic rings. The number of aromatic nitrogens is 2. The minimum Gasteiger partial charge on any atom is -0.494 e. The second-order valence-electron chi connectivity index (χ2n) is 4.31. The smallest absolute Gasteiger partial charge is 0.138 e. The standard InChI is InChI=1S/C15H20N4O/c1-4-16-14-11(3)15(18-10-17-14)19-12-7-6-8-13(9-12)20-5-2/h6-10H,4-5H2,1-3H3,(H2,16,17,18,19). The predicted molar refractivity (Wildman–Crippen MR) is 81.8 cm³/mol. The molecule has 1 heterocycles. The van der Waals surface area contributed by atoms with Crippen molar-refractivity contribution >= 4 is 17.3 Å². The highest BCUT2D eigenvalue weighted by Crippen LogP contribution is 2.24. The van der Waals surface area contributed by atoms with Crippen LogP contribution in [0, 0.1) is 6.92 Å². The first-order valence-electron chi connectivity index (χ1n) is 6.80. The molecule has 0 aliphatic heterocycles. The zero-order chi connectivity index (χ0) is 14.4. The SMILES string of the molecule is CCNc1ncnc(Nc2cccc(OCC)c2)c1C. The molecular weight excluding hydrogens is 252 g/mol. The Morgan fingerprint density at radius 2 is 1.95 bits per heavy atom. The van der Waals surface area contributed by atoms with Crippen LogP contribution in [0.3, 0.4) is 0 Å². The first-order chi connectivity index (χ1) is 9.74. The van der Waals surface area contributed by atoms with Crippen molar-refractivity contribution in [2.45, 2.75) is 20.8 Å². The Labute approximate surface area is 119 Å². The van der Waals surface area contributed by atoms with Gasteiger partial charge in [-0.15, -0.1) is 0 Å². The summed E-state index contributed by atoms with van der Waals surface area (Å²) in [7, 11) is 0. The molecule has 2 rings (SSSR count). The van der Waals surface area contributed by atoms with Crippen LogP contribution in [-0.2, 0) is 0 Å². The molecule has 0 spiro atoms. The van der Waals surface area contributed by atoms with Crippen molar-refractivity contribution in [3.8, 4) is 5.75 Å². The summed E-state index contributed by atoms with van der Waals surface area (Å²) in [5.41, 5.74) is 1.94. The van der Waals surface area contributed by atoms with Crippen molar-refractivity contribution in [3.63, 3.8) is 0 Å². The number of ether oxygens (including phenoxy) is 1. The Balaban J connectivity index is 2.21. The van der Waals surface area contributed by atoms with Gasteiger partial charge in [0.2, 0.25) is 0 Å². The van der Waals surface area contributed by atoms with Gasteiger partial charge in [0.1, 0.15) is 23.7 Å². The summed E-state index contributed by atoms with van der Waals surface area (Å²) in [5, 5.41) is 6.52. The second kappa shape index (κ2) is 6.75. The molecule has 0 aliphatic carbocycles. The van der Waals surface area contributed by atoms with Gasteiger partial charge in [-0.3, -0.25) is 0 Å². The number of hydrogen-bond donors (Lipinski definition) is 2. The Bertz CT molecular complexity index is 572. The van der Waals surface area contributed by atoms with E-state index in [-0.39, 0.29) is 0 Å². The van der Waals surface area contributed by atoms with Crippen molar-refractivity contribution < 1.29 is 4.74 Å². The van der Waals surface area contributed by atoms with E-state index in [1.807, 2.05) is 45.0 Å². The number of benzene rings is 1. The third-order valence-electron chi connectivity index (χ3n) is 2.84. The van der Waals surface area contributed by atoms with E-state index in [2.05, 4.69) is 20.6 Å². The van der Waals surface area contributed by atoms with Crippen LogP contribution in [0.4, 0.5) is 17.3 Å². The normalized spacial score (nSPS) is 10.2. The first-order valence-corrected chi connectivity index (χ1v) is 6.80. The molecule has 0 saturated heterocycles. The molecule has 0 unspecified atom stereocenters. The van der Waals surface area contributed by atoms with Gasteiger partial charge in [-0.2, -0.15) is 0 Å². The lowest BCUT2D eigenvalue weighted by molar-refractivity contribution is 0.340.